The summed E-state index contributed by atoms with van der Waals surface area (Å²) in [5, 5.41) is 13.5. The minimum Gasteiger partial charge on any atom is -0.481 e. The molecule has 0 aliphatic carbocycles. The molecule has 2 aliphatic rings. The van der Waals surface area contributed by atoms with Gasteiger partial charge in [-0.1, -0.05) is 12.1 Å². The zero-order valence-electron chi connectivity index (χ0n) is 16.4. The van der Waals surface area contributed by atoms with Crippen LogP contribution in [0.25, 0.3) is 5.69 Å². The number of benzene rings is 1. The number of rotatable bonds is 6. The van der Waals surface area contributed by atoms with Crippen molar-refractivity contribution in [1.82, 2.24) is 19.6 Å². The van der Waals surface area contributed by atoms with E-state index in [-0.39, 0.29) is 29.5 Å². The van der Waals surface area contributed by atoms with Crippen LogP contribution in [0.5, 0.6) is 0 Å². The SMILES string of the molecule is CC(=O)N1CC2CN(Cc3cnn(-c4ccccc4F)c3)CC2(CCC(=O)O)C1. The molecular weight excluding hydrogens is 375 g/mol. The van der Waals surface area contributed by atoms with E-state index in [1.54, 1.807) is 36.0 Å². The molecular formula is C21H25FN4O3. The van der Waals surface area contributed by atoms with E-state index in [2.05, 4.69) is 10.00 Å². The molecule has 2 atom stereocenters. The Kier molecular flexibility index (Phi) is 5.12. The molecule has 2 aliphatic heterocycles. The number of aromatic nitrogens is 2. The van der Waals surface area contributed by atoms with Crippen molar-refractivity contribution in [3.8, 4) is 5.69 Å². The molecule has 7 nitrogen and oxygen atoms in total. The lowest BCUT2D eigenvalue weighted by Gasteiger charge is -2.28. The molecule has 2 aromatic rings. The van der Waals surface area contributed by atoms with E-state index in [9.17, 15) is 14.0 Å². The van der Waals surface area contributed by atoms with Gasteiger partial charge in [0.15, 0.2) is 0 Å². The minimum atomic E-state index is -0.802. The monoisotopic (exact) mass is 400 g/mol. The summed E-state index contributed by atoms with van der Waals surface area (Å²) in [6.07, 6.45) is 4.26. The van der Waals surface area contributed by atoms with Crippen LogP contribution in [0.2, 0.25) is 0 Å². The van der Waals surface area contributed by atoms with Crippen molar-refractivity contribution >= 4 is 11.9 Å². The van der Waals surface area contributed by atoms with E-state index in [0.29, 0.717) is 31.7 Å². The normalized spacial score (nSPS) is 24.1. The molecule has 2 unspecified atom stereocenters. The number of nitrogens with zero attached hydrogens (tertiary/aromatic N) is 4. The molecule has 1 amide bonds. The smallest absolute Gasteiger partial charge is 0.303 e. The lowest BCUT2D eigenvalue weighted by Crippen LogP contribution is -2.36. The van der Waals surface area contributed by atoms with Crippen molar-refractivity contribution in [3.05, 3.63) is 48.0 Å². The zero-order chi connectivity index (χ0) is 20.6. The predicted octanol–water partition coefficient (Wildman–Crippen LogP) is 2.16. The van der Waals surface area contributed by atoms with Crippen molar-refractivity contribution in [1.29, 1.82) is 0 Å². The minimum absolute atomic E-state index is 0.0480. The van der Waals surface area contributed by atoms with Gasteiger partial charge in [-0.25, -0.2) is 9.07 Å². The molecule has 1 N–H and O–H groups in total. The predicted molar refractivity (Wildman–Crippen MR) is 104 cm³/mol. The first-order valence-corrected chi connectivity index (χ1v) is 9.84. The second-order valence-corrected chi connectivity index (χ2v) is 8.27. The number of fused-ring (bicyclic) bond motifs is 1. The standard InChI is InChI=1S/C21H25FN4O3/c1-15(27)25-12-17-11-24(13-21(17,14-25)7-6-20(28)29)9-16-8-23-26(10-16)19-5-3-2-4-18(19)22/h2-5,8,10,17H,6-7,9,11-14H2,1H3,(H,28,29). The lowest BCUT2D eigenvalue weighted by atomic mass is 9.77. The highest BCUT2D eigenvalue weighted by Gasteiger charge is 2.52. The van der Waals surface area contributed by atoms with Crippen LogP contribution in [-0.4, -0.2) is 62.7 Å². The Hall–Kier alpha value is -2.74. The fourth-order valence-corrected chi connectivity index (χ4v) is 4.83. The van der Waals surface area contributed by atoms with Crippen LogP contribution < -0.4 is 0 Å². The van der Waals surface area contributed by atoms with Gasteiger partial charge in [0.2, 0.25) is 5.91 Å². The average Bonchev–Trinajstić information content (AvgIpc) is 3.33. The molecule has 2 saturated heterocycles. The third-order valence-corrected chi connectivity index (χ3v) is 6.25. The first-order chi connectivity index (χ1) is 13.9. The Labute approximate surface area is 168 Å². The van der Waals surface area contributed by atoms with Gasteiger partial charge in [-0.3, -0.25) is 14.5 Å². The summed E-state index contributed by atoms with van der Waals surface area (Å²) in [4.78, 5) is 27.2. The van der Waals surface area contributed by atoms with Crippen molar-refractivity contribution in [2.24, 2.45) is 11.3 Å². The van der Waals surface area contributed by atoms with E-state index in [1.165, 1.54) is 6.07 Å². The van der Waals surface area contributed by atoms with Crippen molar-refractivity contribution in [3.63, 3.8) is 0 Å². The molecule has 0 bridgehead atoms. The summed E-state index contributed by atoms with van der Waals surface area (Å²) < 4.78 is 15.5. The fourth-order valence-electron chi connectivity index (χ4n) is 4.83. The Morgan fingerprint density at radius 3 is 2.79 bits per heavy atom. The van der Waals surface area contributed by atoms with Gasteiger partial charge in [-0.2, -0.15) is 5.10 Å². The molecule has 0 saturated carbocycles. The molecule has 3 heterocycles. The highest BCUT2D eigenvalue weighted by Crippen LogP contribution is 2.46. The Morgan fingerprint density at radius 2 is 2.07 bits per heavy atom. The van der Waals surface area contributed by atoms with E-state index in [0.717, 1.165) is 18.7 Å². The second kappa shape index (κ2) is 7.59. The van der Waals surface area contributed by atoms with Gasteiger partial charge in [-0.15, -0.1) is 0 Å². The molecule has 8 heteroatoms. The number of amides is 1. The molecule has 4 rings (SSSR count). The van der Waals surface area contributed by atoms with E-state index < -0.39 is 5.97 Å². The summed E-state index contributed by atoms with van der Waals surface area (Å²) in [7, 11) is 0. The summed E-state index contributed by atoms with van der Waals surface area (Å²) in [6.45, 7) is 5.10. The van der Waals surface area contributed by atoms with Crippen LogP contribution in [0.15, 0.2) is 36.7 Å². The summed E-state index contributed by atoms with van der Waals surface area (Å²) in [5.74, 6) is -0.807. The summed E-state index contributed by atoms with van der Waals surface area (Å²) in [6, 6.07) is 6.51. The Morgan fingerprint density at radius 1 is 1.28 bits per heavy atom. The lowest BCUT2D eigenvalue weighted by molar-refractivity contribution is -0.137. The molecule has 1 aromatic heterocycles. The van der Waals surface area contributed by atoms with Crippen LogP contribution in [-0.2, 0) is 16.1 Å². The quantitative estimate of drug-likeness (QED) is 0.804. The number of carbonyl (C=O) groups is 2. The van der Waals surface area contributed by atoms with Crippen molar-refractivity contribution < 1.29 is 19.1 Å². The van der Waals surface area contributed by atoms with Crippen LogP contribution in [0.3, 0.4) is 0 Å². The van der Waals surface area contributed by atoms with E-state index >= 15 is 0 Å². The highest BCUT2D eigenvalue weighted by molar-refractivity contribution is 5.73. The van der Waals surface area contributed by atoms with Gasteiger partial charge in [0.25, 0.3) is 0 Å². The van der Waals surface area contributed by atoms with E-state index in [4.69, 9.17) is 5.11 Å². The van der Waals surface area contributed by atoms with E-state index in [1.807, 2.05) is 11.1 Å². The van der Waals surface area contributed by atoms with Crippen molar-refractivity contribution in [2.75, 3.05) is 26.2 Å². The molecule has 29 heavy (non-hydrogen) atoms. The zero-order valence-corrected chi connectivity index (χ0v) is 16.4. The largest absolute Gasteiger partial charge is 0.481 e. The van der Waals surface area contributed by atoms with Crippen LogP contribution in [0, 0.1) is 17.2 Å². The first kappa shape index (κ1) is 19.6. The Bertz CT molecular complexity index is 930. The number of hydrogen-bond acceptors (Lipinski definition) is 4. The summed E-state index contributed by atoms with van der Waals surface area (Å²) in [5.41, 5.74) is 1.21. The van der Waals surface area contributed by atoms with Gasteiger partial charge < -0.3 is 10.0 Å². The number of hydrogen-bond donors (Lipinski definition) is 1. The molecule has 2 fully saturated rings. The number of carboxylic acids is 1. The molecule has 154 valence electrons. The number of likely N-dealkylation sites (tertiary alicyclic amines) is 2. The van der Waals surface area contributed by atoms with Crippen molar-refractivity contribution in [2.45, 2.75) is 26.3 Å². The number of carbonyl (C=O) groups excluding carboxylic acids is 1. The van der Waals surface area contributed by atoms with Gasteiger partial charge in [0.1, 0.15) is 11.5 Å². The highest BCUT2D eigenvalue weighted by atomic mass is 19.1. The van der Waals surface area contributed by atoms with Crippen LogP contribution in [0.1, 0.15) is 25.3 Å². The van der Waals surface area contributed by atoms with Gasteiger partial charge in [0.05, 0.1) is 6.20 Å². The van der Waals surface area contributed by atoms with Gasteiger partial charge in [0, 0.05) is 63.2 Å². The maximum absolute atomic E-state index is 14.0. The number of halogens is 1. The number of carboxylic acid groups (broad SMARTS) is 1. The maximum Gasteiger partial charge on any atom is 0.303 e. The van der Waals surface area contributed by atoms with Crippen LogP contribution >= 0.6 is 0 Å². The molecule has 0 spiro atoms. The third-order valence-electron chi connectivity index (χ3n) is 6.25. The molecule has 0 radical (unpaired) electrons. The first-order valence-electron chi connectivity index (χ1n) is 9.84. The summed E-state index contributed by atoms with van der Waals surface area (Å²) >= 11 is 0. The third kappa shape index (κ3) is 3.89. The average molecular weight is 400 g/mol. The fraction of sp³-hybridized carbons (Fsp3) is 0.476. The topological polar surface area (TPSA) is 78.7 Å². The van der Waals surface area contributed by atoms with Gasteiger partial charge in [-0.05, 0) is 24.5 Å². The van der Waals surface area contributed by atoms with Crippen LogP contribution in [0.4, 0.5) is 4.39 Å². The number of aliphatic carboxylic acids is 1. The van der Waals surface area contributed by atoms with Gasteiger partial charge >= 0.3 is 5.97 Å². The second-order valence-electron chi connectivity index (χ2n) is 8.27. The number of para-hydroxylation sites is 1. The Balaban J connectivity index is 1.47. The molecule has 1 aromatic carbocycles. The maximum atomic E-state index is 14.0.